The molecular formula is C20H23F3N3OS+. The van der Waals surface area contributed by atoms with Gasteiger partial charge >= 0.3 is 6.18 Å². The maximum absolute atomic E-state index is 12.7. The van der Waals surface area contributed by atoms with Gasteiger partial charge in [0.15, 0.2) is 5.11 Å². The molecule has 0 radical (unpaired) electrons. The molecule has 0 aromatic heterocycles. The molecule has 0 amide bonds. The van der Waals surface area contributed by atoms with Crippen molar-refractivity contribution in [3.05, 3.63) is 59.7 Å². The average Bonchev–Trinajstić information content (AvgIpc) is 2.69. The van der Waals surface area contributed by atoms with Crippen molar-refractivity contribution in [2.45, 2.75) is 12.7 Å². The highest BCUT2D eigenvalue weighted by molar-refractivity contribution is 7.80. The van der Waals surface area contributed by atoms with Crippen LogP contribution in [0.25, 0.3) is 0 Å². The monoisotopic (exact) mass is 410 g/mol. The van der Waals surface area contributed by atoms with E-state index in [1.807, 2.05) is 24.3 Å². The van der Waals surface area contributed by atoms with Crippen molar-refractivity contribution in [1.82, 2.24) is 4.90 Å². The molecule has 28 heavy (non-hydrogen) atoms. The van der Waals surface area contributed by atoms with Crippen molar-refractivity contribution >= 4 is 23.0 Å². The van der Waals surface area contributed by atoms with Crippen LogP contribution in [0.4, 0.5) is 18.9 Å². The van der Waals surface area contributed by atoms with E-state index >= 15 is 0 Å². The summed E-state index contributed by atoms with van der Waals surface area (Å²) in [6.07, 6.45) is -4.29. The zero-order valence-electron chi connectivity index (χ0n) is 15.6. The number of methoxy groups -OCH3 is 1. The van der Waals surface area contributed by atoms with Crippen LogP contribution in [0.15, 0.2) is 48.5 Å². The normalized spacial score (nSPS) is 15.4. The molecule has 0 atom stereocenters. The maximum atomic E-state index is 12.7. The van der Waals surface area contributed by atoms with E-state index in [2.05, 4.69) is 10.2 Å². The quantitative estimate of drug-likeness (QED) is 0.759. The summed E-state index contributed by atoms with van der Waals surface area (Å²) in [6.45, 7) is 4.08. The zero-order chi connectivity index (χ0) is 20.1. The van der Waals surface area contributed by atoms with Gasteiger partial charge in [0, 0.05) is 11.3 Å². The van der Waals surface area contributed by atoms with Crippen LogP contribution in [0, 0.1) is 0 Å². The topological polar surface area (TPSA) is 28.9 Å². The highest BCUT2D eigenvalue weighted by atomic mass is 32.1. The summed E-state index contributed by atoms with van der Waals surface area (Å²) in [7, 11) is 1.62. The highest BCUT2D eigenvalue weighted by Gasteiger charge is 2.30. The first kappa shape index (κ1) is 20.4. The first-order valence-electron chi connectivity index (χ1n) is 9.05. The predicted molar refractivity (Wildman–Crippen MR) is 107 cm³/mol. The summed E-state index contributed by atoms with van der Waals surface area (Å²) in [6, 6.07) is 13.0. The maximum Gasteiger partial charge on any atom is 0.416 e. The molecule has 0 saturated carbocycles. The largest absolute Gasteiger partial charge is 0.497 e. The molecule has 1 aliphatic rings. The Morgan fingerprint density at radius 3 is 2.21 bits per heavy atom. The number of benzene rings is 2. The molecule has 0 unspecified atom stereocenters. The Hall–Kier alpha value is -2.32. The zero-order valence-corrected chi connectivity index (χ0v) is 16.4. The van der Waals surface area contributed by atoms with Gasteiger partial charge in [-0.25, -0.2) is 0 Å². The van der Waals surface area contributed by atoms with E-state index in [0.717, 1.165) is 55.3 Å². The Labute approximate surface area is 167 Å². The summed E-state index contributed by atoms with van der Waals surface area (Å²) in [5, 5.41) is 3.91. The fraction of sp³-hybridized carbons (Fsp3) is 0.350. The second-order valence-electron chi connectivity index (χ2n) is 6.77. The second kappa shape index (κ2) is 8.79. The molecule has 1 saturated heterocycles. The van der Waals surface area contributed by atoms with E-state index in [4.69, 9.17) is 17.0 Å². The van der Waals surface area contributed by atoms with E-state index in [9.17, 15) is 13.2 Å². The fourth-order valence-corrected chi connectivity index (χ4v) is 3.48. The molecule has 3 rings (SSSR count). The Bertz CT molecular complexity index is 786. The van der Waals surface area contributed by atoms with Crippen molar-refractivity contribution in [1.29, 1.82) is 0 Å². The minimum Gasteiger partial charge on any atom is -0.497 e. The van der Waals surface area contributed by atoms with Crippen molar-refractivity contribution in [2.75, 3.05) is 38.6 Å². The number of piperazine rings is 1. The second-order valence-corrected chi connectivity index (χ2v) is 7.15. The van der Waals surface area contributed by atoms with E-state index in [-0.39, 0.29) is 0 Å². The van der Waals surface area contributed by atoms with Gasteiger partial charge < -0.3 is 19.9 Å². The summed E-state index contributed by atoms with van der Waals surface area (Å²) < 4.78 is 43.1. The first-order valence-corrected chi connectivity index (χ1v) is 9.45. The Balaban J connectivity index is 1.47. The van der Waals surface area contributed by atoms with E-state index < -0.39 is 11.7 Å². The Kier molecular flexibility index (Phi) is 6.41. The third kappa shape index (κ3) is 5.36. The van der Waals surface area contributed by atoms with Crippen molar-refractivity contribution in [3.63, 3.8) is 0 Å². The molecular weight excluding hydrogens is 387 g/mol. The first-order chi connectivity index (χ1) is 13.3. The molecule has 0 aliphatic carbocycles. The van der Waals surface area contributed by atoms with Crippen molar-refractivity contribution in [2.24, 2.45) is 0 Å². The third-order valence-corrected chi connectivity index (χ3v) is 5.19. The van der Waals surface area contributed by atoms with Gasteiger partial charge in [-0.2, -0.15) is 13.2 Å². The van der Waals surface area contributed by atoms with Gasteiger partial charge in [-0.15, -0.1) is 0 Å². The number of anilines is 1. The third-order valence-electron chi connectivity index (χ3n) is 4.83. The lowest BCUT2D eigenvalue weighted by atomic mass is 10.1. The number of quaternary nitrogens is 1. The molecule has 4 nitrogen and oxygen atoms in total. The summed E-state index contributed by atoms with van der Waals surface area (Å²) in [4.78, 5) is 3.46. The number of hydrogen-bond donors (Lipinski definition) is 2. The van der Waals surface area contributed by atoms with Crippen LogP contribution >= 0.6 is 12.2 Å². The Morgan fingerprint density at radius 1 is 1.07 bits per heavy atom. The lowest BCUT2D eigenvalue weighted by Crippen LogP contribution is -3.13. The number of hydrogen-bond acceptors (Lipinski definition) is 2. The van der Waals surface area contributed by atoms with Gasteiger partial charge in [0.1, 0.15) is 12.3 Å². The van der Waals surface area contributed by atoms with Gasteiger partial charge in [-0.05, 0) is 48.6 Å². The molecule has 1 aliphatic heterocycles. The van der Waals surface area contributed by atoms with Crippen LogP contribution in [0.2, 0.25) is 0 Å². The van der Waals surface area contributed by atoms with Gasteiger partial charge in [-0.1, -0.05) is 12.1 Å². The lowest BCUT2D eigenvalue weighted by molar-refractivity contribution is -0.917. The number of thiocarbonyl (C=S) groups is 1. The molecule has 1 heterocycles. The summed E-state index contributed by atoms with van der Waals surface area (Å²) in [5.41, 5.74) is 1.21. The molecule has 2 aromatic carbocycles. The molecule has 2 N–H and O–H groups in total. The van der Waals surface area contributed by atoms with Crippen LogP contribution in [0.3, 0.4) is 0 Å². The fourth-order valence-electron chi connectivity index (χ4n) is 3.18. The van der Waals surface area contributed by atoms with E-state index in [0.29, 0.717) is 11.7 Å². The van der Waals surface area contributed by atoms with Gasteiger partial charge in [0.2, 0.25) is 0 Å². The minimum atomic E-state index is -4.29. The average molecular weight is 410 g/mol. The SMILES string of the molecule is COc1ccc(NC(=S)N2CC[NH+](Cc3ccc(C(F)(F)F)cc3)CC2)cc1. The van der Waals surface area contributed by atoms with E-state index in [1.54, 1.807) is 19.2 Å². The predicted octanol–water partition coefficient (Wildman–Crippen LogP) is 2.81. The molecule has 8 heteroatoms. The number of nitrogens with one attached hydrogen (secondary N) is 2. The standard InChI is InChI=1S/C20H22F3N3OS/c1-27-18-8-6-17(7-9-18)24-19(28)26-12-10-25(11-13-26)14-15-2-4-16(5-3-15)20(21,22)23/h2-9H,10-14H2,1H3,(H,24,28)/p+1. The number of rotatable bonds is 4. The molecule has 150 valence electrons. The van der Waals surface area contributed by atoms with E-state index in [1.165, 1.54) is 4.90 Å². The minimum absolute atomic E-state index is 0.606. The molecule has 2 aromatic rings. The molecule has 1 fully saturated rings. The summed E-state index contributed by atoms with van der Waals surface area (Å²) in [5.74, 6) is 0.789. The molecule has 0 bridgehead atoms. The highest BCUT2D eigenvalue weighted by Crippen LogP contribution is 2.29. The number of halogens is 3. The summed E-state index contributed by atoms with van der Waals surface area (Å²) >= 11 is 5.50. The molecule has 0 spiro atoms. The van der Waals surface area contributed by atoms with Crippen molar-refractivity contribution < 1.29 is 22.8 Å². The van der Waals surface area contributed by atoms with Crippen LogP contribution in [-0.4, -0.2) is 43.3 Å². The Morgan fingerprint density at radius 2 is 1.68 bits per heavy atom. The van der Waals surface area contributed by atoms with Crippen LogP contribution in [0.1, 0.15) is 11.1 Å². The van der Waals surface area contributed by atoms with Gasteiger partial charge in [0.05, 0.1) is 38.9 Å². The van der Waals surface area contributed by atoms with Crippen LogP contribution in [0.5, 0.6) is 5.75 Å². The smallest absolute Gasteiger partial charge is 0.416 e. The number of alkyl halides is 3. The van der Waals surface area contributed by atoms with Gasteiger partial charge in [-0.3, -0.25) is 0 Å². The van der Waals surface area contributed by atoms with Crippen LogP contribution < -0.4 is 15.0 Å². The van der Waals surface area contributed by atoms with Crippen molar-refractivity contribution in [3.8, 4) is 5.75 Å². The van der Waals surface area contributed by atoms with Gasteiger partial charge in [0.25, 0.3) is 0 Å². The lowest BCUT2D eigenvalue weighted by Gasteiger charge is -2.34. The van der Waals surface area contributed by atoms with Crippen LogP contribution in [-0.2, 0) is 12.7 Å². The number of ether oxygens (including phenoxy) is 1. The number of nitrogens with zero attached hydrogens (tertiary/aromatic N) is 1.